The zero-order valence-electron chi connectivity index (χ0n) is 19.8. The Labute approximate surface area is 194 Å². The Morgan fingerprint density at radius 1 is 0.875 bits per heavy atom. The molecule has 9 heteroatoms. The van der Waals surface area contributed by atoms with E-state index in [4.69, 9.17) is 15.0 Å². The van der Waals surface area contributed by atoms with Crippen LogP contribution in [0, 0.1) is 0 Å². The molecule has 1 atom stereocenters. The van der Waals surface area contributed by atoms with E-state index in [0.29, 0.717) is 13.0 Å². The van der Waals surface area contributed by atoms with Crippen LogP contribution in [0.25, 0.3) is 0 Å². The third-order valence-corrected chi connectivity index (χ3v) is 5.56. The first-order valence-electron chi connectivity index (χ1n) is 12.0. The molecule has 0 rings (SSSR count). The van der Waals surface area contributed by atoms with Crippen LogP contribution in [0.4, 0.5) is 4.79 Å². The van der Waals surface area contributed by atoms with Gasteiger partial charge in [-0.05, 0) is 38.5 Å². The average Bonchev–Trinajstić information content (AvgIpc) is 2.77. The fraction of sp³-hybridized carbons (Fsp3) is 0.783. The fourth-order valence-electron chi connectivity index (χ4n) is 2.79. The molecule has 0 aromatic rings. The lowest BCUT2D eigenvalue weighted by Crippen LogP contribution is -2.25. The van der Waals surface area contributed by atoms with Gasteiger partial charge in [0.25, 0.3) is 0 Å². The highest BCUT2D eigenvalue weighted by molar-refractivity contribution is 7.47. The van der Waals surface area contributed by atoms with E-state index in [0.717, 1.165) is 32.1 Å². The summed E-state index contributed by atoms with van der Waals surface area (Å²) in [6, 6.07) is 0. The third-order valence-electron chi connectivity index (χ3n) is 4.55. The van der Waals surface area contributed by atoms with E-state index in [2.05, 4.69) is 41.1 Å². The van der Waals surface area contributed by atoms with E-state index in [9.17, 15) is 14.3 Å². The molecule has 0 aromatic carbocycles. The van der Waals surface area contributed by atoms with Gasteiger partial charge in [0.1, 0.15) is 0 Å². The fourth-order valence-corrected chi connectivity index (χ4v) is 3.56. The van der Waals surface area contributed by atoms with Gasteiger partial charge in [-0.1, -0.05) is 63.3 Å². The van der Waals surface area contributed by atoms with Crippen molar-refractivity contribution >= 4 is 13.9 Å². The first kappa shape index (κ1) is 30.8. The Morgan fingerprint density at radius 3 is 2.19 bits per heavy atom. The highest BCUT2D eigenvalue weighted by Gasteiger charge is 2.19. The number of hydrogen-bond acceptors (Lipinski definition) is 6. The molecule has 8 nitrogen and oxygen atoms in total. The van der Waals surface area contributed by atoms with Crippen LogP contribution in [0.3, 0.4) is 0 Å². The molecule has 0 fully saturated rings. The first-order chi connectivity index (χ1) is 15.5. The van der Waals surface area contributed by atoms with Crippen molar-refractivity contribution in [1.29, 1.82) is 0 Å². The number of amides is 1. The number of rotatable bonds is 22. The van der Waals surface area contributed by atoms with E-state index in [1.165, 1.54) is 38.5 Å². The molecule has 0 aliphatic rings. The van der Waals surface area contributed by atoms with Crippen LogP contribution in [0.2, 0.25) is 0 Å². The van der Waals surface area contributed by atoms with Crippen molar-refractivity contribution in [3.8, 4) is 0 Å². The topological polar surface area (TPSA) is 120 Å². The molecular weight excluding hydrogens is 431 g/mol. The van der Waals surface area contributed by atoms with Crippen LogP contribution in [-0.2, 0) is 18.3 Å². The van der Waals surface area contributed by atoms with Crippen LogP contribution in [0.15, 0.2) is 24.3 Å². The number of unbranched alkanes of at least 4 members (excludes halogenated alkanes) is 8. The second-order valence-electron chi connectivity index (χ2n) is 7.57. The van der Waals surface area contributed by atoms with Gasteiger partial charge in [0, 0.05) is 19.5 Å². The lowest BCUT2D eigenvalue weighted by molar-refractivity contribution is 0.122. The average molecular weight is 477 g/mol. The second-order valence-corrected chi connectivity index (χ2v) is 9.02. The predicted molar refractivity (Wildman–Crippen MR) is 129 cm³/mol. The summed E-state index contributed by atoms with van der Waals surface area (Å²) in [6.45, 7) is 2.94. The van der Waals surface area contributed by atoms with Crippen molar-refractivity contribution in [3.05, 3.63) is 24.3 Å². The van der Waals surface area contributed by atoms with Crippen molar-refractivity contribution in [2.45, 2.75) is 84.0 Å². The molecular formula is C23H45N2O6P. The van der Waals surface area contributed by atoms with Gasteiger partial charge in [-0.15, -0.1) is 0 Å². The smallest absolute Gasteiger partial charge is 0.449 e. The molecule has 0 aromatic heterocycles. The standard InChI is InChI=1S/C23H45N2O6P/c1-2-3-4-5-6-7-8-9-10-11-12-13-14-15-16-19-25-23(26)29-20-17-21-30-32(27,28)31-22-18-24/h6-7,9-10H,2-5,8,11-22,24H2,1H3,(H,25,26)(H,27,28). The molecule has 0 bridgehead atoms. The molecule has 188 valence electrons. The van der Waals surface area contributed by atoms with E-state index in [1.54, 1.807) is 0 Å². The summed E-state index contributed by atoms with van der Waals surface area (Å²) < 4.78 is 25.7. The van der Waals surface area contributed by atoms with Crippen molar-refractivity contribution in [2.75, 3.05) is 32.9 Å². The molecule has 1 amide bonds. The Morgan fingerprint density at radius 2 is 1.50 bits per heavy atom. The third kappa shape index (κ3) is 23.5. The zero-order valence-corrected chi connectivity index (χ0v) is 20.7. The van der Waals surface area contributed by atoms with Crippen LogP contribution in [0.5, 0.6) is 0 Å². The monoisotopic (exact) mass is 476 g/mol. The normalized spacial score (nSPS) is 13.6. The Balaban J connectivity index is 3.39. The molecule has 0 saturated carbocycles. The molecule has 4 N–H and O–H groups in total. The molecule has 0 heterocycles. The van der Waals surface area contributed by atoms with Crippen LogP contribution >= 0.6 is 7.82 Å². The van der Waals surface area contributed by atoms with Crippen LogP contribution < -0.4 is 11.1 Å². The Hall–Kier alpha value is -1.18. The number of carbonyl (C=O) groups is 1. The largest absolute Gasteiger partial charge is 0.472 e. The van der Waals surface area contributed by atoms with Gasteiger partial charge >= 0.3 is 13.9 Å². The minimum Gasteiger partial charge on any atom is -0.449 e. The molecule has 0 saturated heterocycles. The predicted octanol–water partition coefficient (Wildman–Crippen LogP) is 5.62. The summed E-state index contributed by atoms with van der Waals surface area (Å²) in [6.07, 6.45) is 21.7. The summed E-state index contributed by atoms with van der Waals surface area (Å²) >= 11 is 0. The van der Waals surface area contributed by atoms with E-state index in [1.807, 2.05) is 0 Å². The summed E-state index contributed by atoms with van der Waals surface area (Å²) in [5, 5.41) is 2.70. The number of nitrogens with two attached hydrogens (primary N) is 1. The maximum Gasteiger partial charge on any atom is 0.472 e. The van der Waals surface area contributed by atoms with Gasteiger partial charge in [-0.2, -0.15) is 0 Å². The first-order valence-corrected chi connectivity index (χ1v) is 13.5. The minimum atomic E-state index is -4.06. The van der Waals surface area contributed by atoms with Gasteiger partial charge < -0.3 is 20.7 Å². The number of phosphoric acid groups is 1. The molecule has 0 radical (unpaired) electrons. The summed E-state index contributed by atoms with van der Waals surface area (Å²) in [5.41, 5.74) is 5.18. The number of phosphoric ester groups is 1. The maximum absolute atomic E-state index is 11.6. The van der Waals surface area contributed by atoms with Gasteiger partial charge in [0.15, 0.2) is 0 Å². The lowest BCUT2D eigenvalue weighted by atomic mass is 10.1. The maximum atomic E-state index is 11.6. The van der Waals surface area contributed by atoms with Crippen molar-refractivity contribution in [1.82, 2.24) is 5.32 Å². The molecule has 32 heavy (non-hydrogen) atoms. The van der Waals surface area contributed by atoms with Gasteiger partial charge in [0.05, 0.1) is 19.8 Å². The Bertz CT molecular complexity index is 543. The molecule has 1 unspecified atom stereocenters. The number of carbonyl (C=O) groups excluding carboxylic acids is 1. The van der Waals surface area contributed by atoms with Crippen LogP contribution in [0.1, 0.15) is 84.0 Å². The lowest BCUT2D eigenvalue weighted by Gasteiger charge is -2.11. The van der Waals surface area contributed by atoms with Gasteiger partial charge in [0.2, 0.25) is 0 Å². The van der Waals surface area contributed by atoms with E-state index >= 15 is 0 Å². The number of ether oxygens (including phenoxy) is 1. The van der Waals surface area contributed by atoms with Gasteiger partial charge in [-0.3, -0.25) is 9.05 Å². The second kappa shape index (κ2) is 23.0. The summed E-state index contributed by atoms with van der Waals surface area (Å²) in [5.74, 6) is 0. The van der Waals surface area contributed by atoms with E-state index in [-0.39, 0.29) is 26.4 Å². The number of nitrogens with one attached hydrogen (secondary N) is 1. The number of hydrogen-bond donors (Lipinski definition) is 3. The number of allylic oxidation sites excluding steroid dienone is 4. The SMILES string of the molecule is CCCCCC=CCC=CCCCCCCCNC(=O)OCCCOP(=O)(O)OCCN. The summed E-state index contributed by atoms with van der Waals surface area (Å²) in [7, 11) is -4.06. The summed E-state index contributed by atoms with van der Waals surface area (Å²) in [4.78, 5) is 20.9. The zero-order chi connectivity index (χ0) is 23.8. The highest BCUT2D eigenvalue weighted by atomic mass is 31.2. The molecule has 0 spiro atoms. The van der Waals surface area contributed by atoms with Crippen molar-refractivity contribution < 1.29 is 28.0 Å². The van der Waals surface area contributed by atoms with Crippen molar-refractivity contribution in [2.24, 2.45) is 5.73 Å². The van der Waals surface area contributed by atoms with E-state index < -0.39 is 13.9 Å². The van der Waals surface area contributed by atoms with Gasteiger partial charge in [-0.25, -0.2) is 9.36 Å². The van der Waals surface area contributed by atoms with Crippen molar-refractivity contribution in [3.63, 3.8) is 0 Å². The molecule has 0 aliphatic carbocycles. The highest BCUT2D eigenvalue weighted by Crippen LogP contribution is 2.42. The molecule has 0 aliphatic heterocycles. The van der Waals surface area contributed by atoms with Crippen LogP contribution in [-0.4, -0.2) is 43.9 Å². The number of alkyl carbamates (subject to hydrolysis) is 1. The Kier molecular flexibility index (Phi) is 22.1. The quantitative estimate of drug-likeness (QED) is 0.105. The minimum absolute atomic E-state index is 0.0451.